The van der Waals surface area contributed by atoms with Gasteiger partial charge in [-0.25, -0.2) is 13.1 Å². The summed E-state index contributed by atoms with van der Waals surface area (Å²) >= 11 is 1.68. The average molecular weight is 468 g/mol. The van der Waals surface area contributed by atoms with E-state index in [1.54, 1.807) is 23.5 Å². The van der Waals surface area contributed by atoms with Crippen molar-refractivity contribution in [1.29, 1.82) is 0 Å². The van der Waals surface area contributed by atoms with Crippen LogP contribution in [-0.4, -0.2) is 38.7 Å². The monoisotopic (exact) mass is 467 g/mol. The van der Waals surface area contributed by atoms with Crippen molar-refractivity contribution in [3.63, 3.8) is 0 Å². The van der Waals surface area contributed by atoms with Gasteiger partial charge in [-0.05, 0) is 47.2 Å². The van der Waals surface area contributed by atoms with Crippen molar-refractivity contribution >= 4 is 38.2 Å². The predicted molar refractivity (Wildman–Crippen MR) is 130 cm³/mol. The zero-order valence-electron chi connectivity index (χ0n) is 17.7. The lowest BCUT2D eigenvalue weighted by Gasteiger charge is -2.16. The van der Waals surface area contributed by atoms with Crippen LogP contribution in [0.3, 0.4) is 0 Å². The van der Waals surface area contributed by atoms with Gasteiger partial charge < -0.3 is 10.3 Å². The van der Waals surface area contributed by atoms with E-state index in [0.717, 1.165) is 28.3 Å². The van der Waals surface area contributed by atoms with Gasteiger partial charge in [-0.2, -0.15) is 0 Å². The van der Waals surface area contributed by atoms with E-state index in [9.17, 15) is 13.2 Å². The molecule has 166 valence electrons. The van der Waals surface area contributed by atoms with Gasteiger partial charge in [0.1, 0.15) is 0 Å². The Bertz CT molecular complexity index is 1290. The second kappa shape index (κ2) is 9.68. The van der Waals surface area contributed by atoms with Crippen LogP contribution in [-0.2, 0) is 16.4 Å². The molecular formula is C24H25N3O3S2. The van der Waals surface area contributed by atoms with Crippen molar-refractivity contribution < 1.29 is 13.2 Å². The number of H-pyrrole nitrogens is 1. The van der Waals surface area contributed by atoms with E-state index in [1.165, 1.54) is 4.88 Å². The van der Waals surface area contributed by atoms with E-state index in [2.05, 4.69) is 38.6 Å². The highest BCUT2D eigenvalue weighted by Crippen LogP contribution is 2.32. The number of amides is 1. The lowest BCUT2D eigenvalue weighted by Crippen LogP contribution is -2.28. The first-order valence-electron chi connectivity index (χ1n) is 10.3. The van der Waals surface area contributed by atoms with Crippen molar-refractivity contribution in [1.82, 2.24) is 15.0 Å². The third kappa shape index (κ3) is 5.45. The fourth-order valence-corrected chi connectivity index (χ4v) is 5.05. The number of fused-ring (bicyclic) bond motifs is 1. The molecule has 0 saturated heterocycles. The zero-order valence-corrected chi connectivity index (χ0v) is 19.3. The summed E-state index contributed by atoms with van der Waals surface area (Å²) in [6.45, 7) is 0.818. The predicted octanol–water partition coefficient (Wildman–Crippen LogP) is 3.88. The molecule has 0 spiro atoms. The van der Waals surface area contributed by atoms with Gasteiger partial charge in [-0.1, -0.05) is 36.4 Å². The van der Waals surface area contributed by atoms with Crippen LogP contribution in [0.25, 0.3) is 10.9 Å². The molecule has 0 radical (unpaired) electrons. The summed E-state index contributed by atoms with van der Waals surface area (Å²) in [6.07, 6.45) is 3.73. The van der Waals surface area contributed by atoms with Crippen molar-refractivity contribution in [2.75, 3.05) is 19.3 Å². The van der Waals surface area contributed by atoms with Gasteiger partial charge in [-0.3, -0.25) is 4.79 Å². The number of carbonyl (C=O) groups is 1. The second-order valence-corrected chi connectivity index (χ2v) is 10.5. The molecule has 1 atom stereocenters. The molecule has 6 nitrogen and oxygen atoms in total. The maximum Gasteiger partial charge on any atom is 0.251 e. The van der Waals surface area contributed by atoms with Crippen molar-refractivity contribution in [2.45, 2.75) is 12.3 Å². The van der Waals surface area contributed by atoms with E-state index < -0.39 is 10.0 Å². The molecule has 0 aliphatic rings. The summed E-state index contributed by atoms with van der Waals surface area (Å²) in [4.78, 5) is 17.3. The Morgan fingerprint density at radius 2 is 1.84 bits per heavy atom. The van der Waals surface area contributed by atoms with Gasteiger partial charge in [0, 0.05) is 46.5 Å². The number of rotatable bonds is 9. The average Bonchev–Trinajstić information content (AvgIpc) is 3.44. The summed E-state index contributed by atoms with van der Waals surface area (Å²) in [5, 5.41) is 6.30. The number of benzene rings is 2. The molecule has 32 heavy (non-hydrogen) atoms. The third-order valence-corrected chi connectivity index (χ3v) is 7.06. The van der Waals surface area contributed by atoms with Gasteiger partial charge in [0.2, 0.25) is 10.0 Å². The molecule has 4 rings (SSSR count). The Balaban J connectivity index is 1.44. The lowest BCUT2D eigenvalue weighted by atomic mass is 9.96. The minimum absolute atomic E-state index is 0.0523. The molecule has 1 amide bonds. The lowest BCUT2D eigenvalue weighted by molar-refractivity contribution is 0.0952. The number of nitrogens with one attached hydrogen (secondary N) is 3. The third-order valence-electron chi connectivity index (χ3n) is 5.34. The molecule has 2 heterocycles. The van der Waals surface area contributed by atoms with Crippen LogP contribution >= 0.6 is 11.3 Å². The number of para-hydroxylation sites is 1. The fraction of sp³-hybridized carbons (Fsp3) is 0.208. The number of thiophene rings is 1. The van der Waals surface area contributed by atoms with Crippen LogP contribution < -0.4 is 10.0 Å². The van der Waals surface area contributed by atoms with E-state index in [0.29, 0.717) is 25.1 Å². The topological polar surface area (TPSA) is 91.1 Å². The largest absolute Gasteiger partial charge is 0.361 e. The summed E-state index contributed by atoms with van der Waals surface area (Å²) in [5.41, 5.74) is 3.79. The molecule has 3 N–H and O–H groups in total. The maximum atomic E-state index is 12.8. The van der Waals surface area contributed by atoms with Gasteiger partial charge in [0.25, 0.3) is 5.91 Å². The molecule has 4 aromatic rings. The number of hydrogen-bond acceptors (Lipinski definition) is 4. The van der Waals surface area contributed by atoms with E-state index >= 15 is 0 Å². The van der Waals surface area contributed by atoms with Gasteiger partial charge >= 0.3 is 0 Å². The van der Waals surface area contributed by atoms with Crippen LogP contribution in [0.1, 0.15) is 32.3 Å². The molecule has 0 saturated carbocycles. The van der Waals surface area contributed by atoms with E-state index in [4.69, 9.17) is 0 Å². The van der Waals surface area contributed by atoms with Crippen molar-refractivity contribution in [3.8, 4) is 0 Å². The molecule has 0 aliphatic heterocycles. The first kappa shape index (κ1) is 22.3. The molecule has 0 unspecified atom stereocenters. The van der Waals surface area contributed by atoms with Crippen molar-refractivity contribution in [3.05, 3.63) is 93.8 Å². The van der Waals surface area contributed by atoms with Crippen LogP contribution in [0.4, 0.5) is 0 Å². The number of aromatic nitrogens is 1. The number of hydrogen-bond donors (Lipinski definition) is 3. The molecule has 8 heteroatoms. The SMILES string of the molecule is CS(=O)(=O)NCCc1ccc(C(=O)NC[C@@H](c2cccs2)c2c[nH]c3ccccc23)cc1. The van der Waals surface area contributed by atoms with Crippen molar-refractivity contribution in [2.24, 2.45) is 0 Å². The Morgan fingerprint density at radius 3 is 2.56 bits per heavy atom. The van der Waals surface area contributed by atoms with Crippen LogP contribution in [0.2, 0.25) is 0 Å². The highest BCUT2D eigenvalue weighted by Gasteiger charge is 2.20. The Morgan fingerprint density at radius 1 is 1.06 bits per heavy atom. The minimum atomic E-state index is -3.20. The first-order valence-corrected chi connectivity index (χ1v) is 13.1. The standard InChI is InChI=1S/C24H25N3O3S2/c1-32(29,30)27-13-12-17-8-10-18(11-9-17)24(28)26-16-21(23-7-4-14-31-23)20-15-25-22-6-3-2-5-19(20)22/h2-11,14-15,21,25,27H,12-13,16H2,1H3,(H,26,28)/t21-/m1/s1. The number of sulfonamides is 1. The Kier molecular flexibility index (Phi) is 6.74. The van der Waals surface area contributed by atoms with Gasteiger partial charge in [0.05, 0.1) is 6.26 Å². The summed E-state index contributed by atoms with van der Waals surface area (Å²) < 4.78 is 24.8. The molecule has 2 aromatic heterocycles. The fourth-order valence-electron chi connectivity index (χ4n) is 3.74. The van der Waals surface area contributed by atoms with Crippen LogP contribution in [0, 0.1) is 0 Å². The van der Waals surface area contributed by atoms with Crippen LogP contribution in [0.5, 0.6) is 0 Å². The van der Waals surface area contributed by atoms with E-state index in [1.807, 2.05) is 36.5 Å². The molecule has 0 aliphatic carbocycles. The highest BCUT2D eigenvalue weighted by molar-refractivity contribution is 7.88. The summed E-state index contributed by atoms with van der Waals surface area (Å²) in [5.74, 6) is -0.0800. The normalized spacial score (nSPS) is 12.7. The van der Waals surface area contributed by atoms with Gasteiger partial charge in [-0.15, -0.1) is 11.3 Å². The minimum Gasteiger partial charge on any atom is -0.361 e. The van der Waals surface area contributed by atoms with Gasteiger partial charge in [0.15, 0.2) is 0 Å². The second-order valence-electron chi connectivity index (χ2n) is 7.68. The highest BCUT2D eigenvalue weighted by atomic mass is 32.2. The smallest absolute Gasteiger partial charge is 0.251 e. The van der Waals surface area contributed by atoms with Crippen LogP contribution in [0.15, 0.2) is 72.2 Å². The quantitative estimate of drug-likeness (QED) is 0.349. The maximum absolute atomic E-state index is 12.8. The molecule has 2 aromatic carbocycles. The summed E-state index contributed by atoms with van der Waals surface area (Å²) in [7, 11) is -3.20. The molecule has 0 fully saturated rings. The zero-order chi connectivity index (χ0) is 22.6. The summed E-state index contributed by atoms with van der Waals surface area (Å²) in [6, 6.07) is 19.6. The Hall–Kier alpha value is -2.94. The first-order chi connectivity index (χ1) is 15.4. The molecule has 0 bridgehead atoms. The van der Waals surface area contributed by atoms with E-state index in [-0.39, 0.29) is 11.8 Å². The Labute approximate surface area is 191 Å². The number of carbonyl (C=O) groups excluding carboxylic acids is 1. The molecular weight excluding hydrogens is 442 g/mol. The number of aromatic amines is 1.